The van der Waals surface area contributed by atoms with Gasteiger partial charge in [-0.1, -0.05) is 55.8 Å². The van der Waals surface area contributed by atoms with Crippen LogP contribution in [-0.4, -0.2) is 11.5 Å². The van der Waals surface area contributed by atoms with Gasteiger partial charge in [-0.05, 0) is 42.7 Å². The molecule has 22 heavy (non-hydrogen) atoms. The standard InChI is InChI=1S/C20H24OS/c1-2-3-11-20(21)18-12-14-19(15-13-18)22-16-7-10-17-8-5-4-6-9-17/h4-6,8-9,12-15H,2-3,7,10-11,16H2,1H3. The van der Waals surface area contributed by atoms with Crippen LogP contribution in [0.1, 0.15) is 48.5 Å². The molecule has 0 heterocycles. The number of rotatable bonds is 9. The monoisotopic (exact) mass is 312 g/mol. The lowest BCUT2D eigenvalue weighted by Gasteiger charge is -2.04. The van der Waals surface area contributed by atoms with Crippen molar-refractivity contribution >= 4 is 17.5 Å². The van der Waals surface area contributed by atoms with Gasteiger partial charge in [0.05, 0.1) is 0 Å². The van der Waals surface area contributed by atoms with E-state index >= 15 is 0 Å². The molecule has 2 heteroatoms. The molecule has 0 unspecified atom stereocenters. The largest absolute Gasteiger partial charge is 0.294 e. The third-order valence-electron chi connectivity index (χ3n) is 3.66. The maximum atomic E-state index is 11.9. The molecule has 1 nitrogen and oxygen atoms in total. The molecule has 0 atom stereocenters. The fourth-order valence-corrected chi connectivity index (χ4v) is 3.18. The van der Waals surface area contributed by atoms with Crippen molar-refractivity contribution in [3.05, 3.63) is 65.7 Å². The summed E-state index contributed by atoms with van der Waals surface area (Å²) in [5.41, 5.74) is 2.25. The van der Waals surface area contributed by atoms with E-state index in [0.29, 0.717) is 6.42 Å². The Labute approximate surface area is 138 Å². The van der Waals surface area contributed by atoms with Crippen molar-refractivity contribution in [2.75, 3.05) is 5.75 Å². The number of benzene rings is 2. The van der Waals surface area contributed by atoms with Gasteiger partial charge in [0, 0.05) is 16.9 Å². The van der Waals surface area contributed by atoms with Gasteiger partial charge in [0.15, 0.2) is 5.78 Å². The zero-order chi connectivity index (χ0) is 15.6. The quantitative estimate of drug-likeness (QED) is 0.331. The molecular formula is C20H24OS. The number of carbonyl (C=O) groups excluding carboxylic acids is 1. The van der Waals surface area contributed by atoms with Crippen LogP contribution < -0.4 is 0 Å². The predicted molar refractivity (Wildman–Crippen MR) is 95.8 cm³/mol. The Morgan fingerprint density at radius 2 is 1.68 bits per heavy atom. The summed E-state index contributed by atoms with van der Waals surface area (Å²) in [6.45, 7) is 2.11. The molecule has 0 bridgehead atoms. The third kappa shape index (κ3) is 5.69. The highest BCUT2D eigenvalue weighted by Crippen LogP contribution is 2.21. The minimum atomic E-state index is 0.266. The molecule has 0 aliphatic heterocycles. The van der Waals surface area contributed by atoms with Crippen LogP contribution in [0, 0.1) is 0 Å². The number of aryl methyl sites for hydroxylation is 1. The summed E-state index contributed by atoms with van der Waals surface area (Å²) in [4.78, 5) is 13.2. The van der Waals surface area contributed by atoms with Crippen molar-refractivity contribution in [3.63, 3.8) is 0 Å². The first-order valence-electron chi connectivity index (χ1n) is 8.09. The van der Waals surface area contributed by atoms with E-state index < -0.39 is 0 Å². The van der Waals surface area contributed by atoms with Crippen LogP contribution in [-0.2, 0) is 6.42 Å². The predicted octanol–water partition coefficient (Wildman–Crippen LogP) is 5.78. The number of hydrogen-bond donors (Lipinski definition) is 0. The number of unbranched alkanes of at least 4 members (excludes halogenated alkanes) is 1. The molecular weight excluding hydrogens is 288 g/mol. The van der Waals surface area contributed by atoms with Crippen LogP contribution >= 0.6 is 11.8 Å². The van der Waals surface area contributed by atoms with Crippen LogP contribution in [0.3, 0.4) is 0 Å². The first-order valence-corrected chi connectivity index (χ1v) is 9.08. The number of thioether (sulfide) groups is 1. The van der Waals surface area contributed by atoms with E-state index in [1.165, 1.54) is 16.9 Å². The van der Waals surface area contributed by atoms with E-state index in [1.807, 2.05) is 23.9 Å². The third-order valence-corrected chi connectivity index (χ3v) is 4.75. The Morgan fingerprint density at radius 3 is 2.36 bits per heavy atom. The topological polar surface area (TPSA) is 17.1 Å². The lowest BCUT2D eigenvalue weighted by molar-refractivity contribution is 0.0979. The normalized spacial score (nSPS) is 10.6. The lowest BCUT2D eigenvalue weighted by atomic mass is 10.1. The molecule has 0 aliphatic rings. The highest BCUT2D eigenvalue weighted by molar-refractivity contribution is 7.99. The van der Waals surface area contributed by atoms with E-state index in [1.54, 1.807) is 0 Å². The van der Waals surface area contributed by atoms with Gasteiger partial charge >= 0.3 is 0 Å². The molecule has 0 N–H and O–H groups in total. The van der Waals surface area contributed by atoms with E-state index in [2.05, 4.69) is 49.4 Å². The molecule has 2 rings (SSSR count). The van der Waals surface area contributed by atoms with Gasteiger partial charge in [-0.3, -0.25) is 4.79 Å². The molecule has 0 radical (unpaired) electrons. The fourth-order valence-electron chi connectivity index (χ4n) is 2.33. The molecule has 0 saturated carbocycles. The van der Waals surface area contributed by atoms with Gasteiger partial charge in [0.25, 0.3) is 0 Å². The van der Waals surface area contributed by atoms with Gasteiger partial charge in [-0.15, -0.1) is 11.8 Å². The Balaban J connectivity index is 1.73. The number of ketones is 1. The van der Waals surface area contributed by atoms with Gasteiger partial charge in [0.1, 0.15) is 0 Å². The SMILES string of the molecule is CCCCC(=O)c1ccc(SCCCc2ccccc2)cc1. The summed E-state index contributed by atoms with van der Waals surface area (Å²) < 4.78 is 0. The second-order valence-electron chi connectivity index (χ2n) is 5.49. The maximum Gasteiger partial charge on any atom is 0.162 e. The molecule has 0 aromatic heterocycles. The van der Waals surface area contributed by atoms with Crippen molar-refractivity contribution in [1.29, 1.82) is 0 Å². The summed E-state index contributed by atoms with van der Waals surface area (Å²) in [6, 6.07) is 18.7. The van der Waals surface area contributed by atoms with E-state index in [4.69, 9.17) is 0 Å². The van der Waals surface area contributed by atoms with Crippen molar-refractivity contribution in [3.8, 4) is 0 Å². The van der Waals surface area contributed by atoms with Crippen LogP contribution in [0.5, 0.6) is 0 Å². The summed E-state index contributed by atoms with van der Waals surface area (Å²) in [5, 5.41) is 0. The van der Waals surface area contributed by atoms with Crippen LogP contribution in [0.2, 0.25) is 0 Å². The first kappa shape index (κ1) is 16.8. The van der Waals surface area contributed by atoms with Crippen LogP contribution in [0.25, 0.3) is 0 Å². The van der Waals surface area contributed by atoms with Gasteiger partial charge in [-0.2, -0.15) is 0 Å². The summed E-state index contributed by atoms with van der Waals surface area (Å²) in [6.07, 6.45) is 5.02. The Hall–Kier alpha value is -1.54. The summed E-state index contributed by atoms with van der Waals surface area (Å²) in [5.74, 6) is 1.38. The first-order chi connectivity index (χ1) is 10.8. The minimum absolute atomic E-state index is 0.266. The number of Topliss-reactive ketones (excluding diaryl/α,β-unsaturated/α-hetero) is 1. The summed E-state index contributed by atoms with van der Waals surface area (Å²) >= 11 is 1.87. The smallest absolute Gasteiger partial charge is 0.162 e. The molecule has 0 saturated heterocycles. The summed E-state index contributed by atoms with van der Waals surface area (Å²) in [7, 11) is 0. The van der Waals surface area contributed by atoms with Crippen LogP contribution in [0.4, 0.5) is 0 Å². The second kappa shape index (κ2) is 9.47. The van der Waals surface area contributed by atoms with Gasteiger partial charge < -0.3 is 0 Å². The average Bonchev–Trinajstić information content (AvgIpc) is 2.58. The molecule has 0 fully saturated rings. The molecule has 0 amide bonds. The number of carbonyl (C=O) groups is 1. The molecule has 2 aromatic rings. The molecule has 0 aliphatic carbocycles. The Kier molecular flexibility index (Phi) is 7.24. The van der Waals surface area contributed by atoms with Crippen molar-refractivity contribution in [2.45, 2.75) is 43.9 Å². The van der Waals surface area contributed by atoms with Crippen LogP contribution in [0.15, 0.2) is 59.5 Å². The van der Waals surface area contributed by atoms with Gasteiger partial charge in [0.2, 0.25) is 0 Å². The molecule has 116 valence electrons. The molecule has 2 aromatic carbocycles. The second-order valence-corrected chi connectivity index (χ2v) is 6.66. The molecule has 0 spiro atoms. The van der Waals surface area contributed by atoms with Crippen molar-refractivity contribution in [2.24, 2.45) is 0 Å². The Bertz CT molecular complexity index is 560. The van der Waals surface area contributed by atoms with E-state index in [-0.39, 0.29) is 5.78 Å². The highest BCUT2D eigenvalue weighted by Gasteiger charge is 2.05. The Morgan fingerprint density at radius 1 is 0.955 bits per heavy atom. The minimum Gasteiger partial charge on any atom is -0.294 e. The fraction of sp³-hybridized carbons (Fsp3) is 0.350. The van der Waals surface area contributed by atoms with Gasteiger partial charge in [-0.25, -0.2) is 0 Å². The number of hydrogen-bond acceptors (Lipinski definition) is 2. The average molecular weight is 312 g/mol. The zero-order valence-corrected chi connectivity index (χ0v) is 14.1. The zero-order valence-electron chi connectivity index (χ0n) is 13.3. The maximum absolute atomic E-state index is 11.9. The van der Waals surface area contributed by atoms with Crippen molar-refractivity contribution in [1.82, 2.24) is 0 Å². The highest BCUT2D eigenvalue weighted by atomic mass is 32.2. The lowest BCUT2D eigenvalue weighted by Crippen LogP contribution is -1.98. The van der Waals surface area contributed by atoms with E-state index in [0.717, 1.165) is 30.6 Å². The van der Waals surface area contributed by atoms with E-state index in [9.17, 15) is 4.79 Å². The van der Waals surface area contributed by atoms with Crippen molar-refractivity contribution < 1.29 is 4.79 Å².